The smallest absolute Gasteiger partial charge is 0.0542 e. The van der Waals surface area contributed by atoms with Gasteiger partial charge in [0, 0.05) is 32.9 Å². The van der Waals surface area contributed by atoms with E-state index in [1.807, 2.05) is 0 Å². The molecule has 0 spiro atoms. The molecule has 0 N–H and O–H groups in total. The second-order valence-corrected chi connectivity index (χ2v) is 11.4. The fourth-order valence-electron chi connectivity index (χ4n) is 7.00. The lowest BCUT2D eigenvalue weighted by atomic mass is 9.94. The fraction of sp³-hybridized carbons (Fsp3) is 0. The number of nitrogens with zero attached hydrogens (tertiary/aromatic N) is 2. The van der Waals surface area contributed by atoms with E-state index < -0.39 is 0 Å². The predicted molar refractivity (Wildman–Crippen MR) is 186 cm³/mol. The maximum Gasteiger partial charge on any atom is 0.0542 e. The van der Waals surface area contributed by atoms with Gasteiger partial charge in [0.25, 0.3) is 0 Å². The lowest BCUT2D eigenvalue weighted by molar-refractivity contribution is 1.17. The molecule has 206 valence electrons. The molecule has 0 unspecified atom stereocenters. The molecule has 7 aromatic carbocycles. The summed E-state index contributed by atoms with van der Waals surface area (Å²) in [6, 6.07) is 61.4. The number of fused-ring (bicyclic) bond motifs is 6. The van der Waals surface area contributed by atoms with E-state index in [1.165, 1.54) is 71.6 Å². The van der Waals surface area contributed by atoms with Gasteiger partial charge >= 0.3 is 0 Å². The van der Waals surface area contributed by atoms with Gasteiger partial charge in [-0.25, -0.2) is 0 Å². The number of rotatable bonds is 4. The summed E-state index contributed by atoms with van der Waals surface area (Å²) in [5.74, 6) is 0. The van der Waals surface area contributed by atoms with Crippen LogP contribution in [0.5, 0.6) is 0 Å². The van der Waals surface area contributed by atoms with Crippen LogP contribution in [0.1, 0.15) is 0 Å². The third-order valence-corrected chi connectivity index (χ3v) is 8.92. The van der Waals surface area contributed by atoms with Gasteiger partial charge in [-0.05, 0) is 70.8 Å². The Balaban J connectivity index is 1.26. The molecule has 0 atom stereocenters. The molecule has 0 saturated heterocycles. The summed E-state index contributed by atoms with van der Waals surface area (Å²) in [6.07, 6.45) is 0. The van der Waals surface area contributed by atoms with Crippen LogP contribution in [0.2, 0.25) is 0 Å². The van der Waals surface area contributed by atoms with Gasteiger partial charge in [-0.15, -0.1) is 0 Å². The Labute approximate surface area is 255 Å². The standard InChI is InChI=1S/C42H28N2/c1-2-13-29(14-3-1)33-17-4-5-18-34(33)30-15-12-16-31(27-30)43-41-24-11-8-21-37(41)38-28-32(25-26-42(38)43)44-39-22-9-6-19-35(39)36-20-7-10-23-40(36)44/h1-28H. The van der Waals surface area contributed by atoms with Gasteiger partial charge in [0.2, 0.25) is 0 Å². The van der Waals surface area contributed by atoms with Crippen molar-refractivity contribution in [3.8, 4) is 33.6 Å². The first kappa shape index (κ1) is 24.7. The van der Waals surface area contributed by atoms with Crippen LogP contribution in [0.4, 0.5) is 0 Å². The van der Waals surface area contributed by atoms with E-state index in [4.69, 9.17) is 0 Å². The van der Waals surface area contributed by atoms with Crippen molar-refractivity contribution in [2.45, 2.75) is 0 Å². The van der Waals surface area contributed by atoms with E-state index in [9.17, 15) is 0 Å². The minimum absolute atomic E-state index is 1.15. The highest BCUT2D eigenvalue weighted by Crippen LogP contribution is 2.38. The van der Waals surface area contributed by atoms with Gasteiger partial charge in [0.1, 0.15) is 0 Å². The summed E-state index contributed by atoms with van der Waals surface area (Å²) >= 11 is 0. The molecule has 0 bridgehead atoms. The molecule has 2 aromatic heterocycles. The highest BCUT2D eigenvalue weighted by Gasteiger charge is 2.17. The summed E-state index contributed by atoms with van der Waals surface area (Å²) in [7, 11) is 0. The Morgan fingerprint density at radius 2 is 0.727 bits per heavy atom. The Morgan fingerprint density at radius 3 is 1.36 bits per heavy atom. The van der Waals surface area contributed by atoms with Crippen LogP contribution in [0, 0.1) is 0 Å². The molecule has 0 aliphatic heterocycles. The lowest BCUT2D eigenvalue weighted by Crippen LogP contribution is -1.96. The number of hydrogen-bond donors (Lipinski definition) is 0. The molecular formula is C42H28N2. The molecule has 2 heterocycles. The zero-order valence-corrected chi connectivity index (χ0v) is 24.1. The first-order valence-corrected chi connectivity index (χ1v) is 15.1. The van der Waals surface area contributed by atoms with Gasteiger partial charge in [-0.3, -0.25) is 0 Å². The SMILES string of the molecule is c1ccc(-c2ccccc2-c2cccc(-n3c4ccccc4c4cc(-n5c6ccccc6c6ccccc65)ccc43)c2)cc1. The highest BCUT2D eigenvalue weighted by molar-refractivity contribution is 6.12. The zero-order valence-electron chi connectivity index (χ0n) is 24.1. The first-order valence-electron chi connectivity index (χ1n) is 15.1. The van der Waals surface area contributed by atoms with Gasteiger partial charge < -0.3 is 9.13 Å². The Kier molecular flexibility index (Phi) is 5.54. The van der Waals surface area contributed by atoms with Crippen molar-refractivity contribution in [1.29, 1.82) is 0 Å². The fourth-order valence-corrected chi connectivity index (χ4v) is 7.00. The van der Waals surface area contributed by atoms with E-state index in [2.05, 4.69) is 179 Å². The molecule has 0 aliphatic carbocycles. The molecule has 0 saturated carbocycles. The van der Waals surface area contributed by atoms with Crippen LogP contribution in [0.3, 0.4) is 0 Å². The molecule has 0 fully saturated rings. The topological polar surface area (TPSA) is 9.86 Å². The number of aromatic nitrogens is 2. The van der Waals surface area contributed by atoms with E-state index in [0.717, 1.165) is 5.69 Å². The van der Waals surface area contributed by atoms with E-state index in [1.54, 1.807) is 0 Å². The van der Waals surface area contributed by atoms with Crippen LogP contribution in [0.25, 0.3) is 77.2 Å². The highest BCUT2D eigenvalue weighted by atomic mass is 15.0. The first-order chi connectivity index (χ1) is 21.8. The maximum absolute atomic E-state index is 2.41. The van der Waals surface area contributed by atoms with Crippen LogP contribution < -0.4 is 0 Å². The van der Waals surface area contributed by atoms with Crippen molar-refractivity contribution in [3.05, 3.63) is 170 Å². The Morgan fingerprint density at radius 1 is 0.273 bits per heavy atom. The molecular weight excluding hydrogens is 532 g/mol. The second kappa shape index (κ2) is 9.86. The third kappa shape index (κ3) is 3.75. The molecule has 2 heteroatoms. The quantitative estimate of drug-likeness (QED) is 0.203. The Bertz CT molecular complexity index is 2440. The summed E-state index contributed by atoms with van der Waals surface area (Å²) < 4.78 is 4.81. The molecule has 2 nitrogen and oxygen atoms in total. The summed E-state index contributed by atoms with van der Waals surface area (Å²) in [4.78, 5) is 0. The van der Waals surface area contributed by atoms with Crippen LogP contribution in [0.15, 0.2) is 170 Å². The Hall–Kier alpha value is -5.86. The number of para-hydroxylation sites is 3. The van der Waals surface area contributed by atoms with Gasteiger partial charge in [0.15, 0.2) is 0 Å². The minimum atomic E-state index is 1.15. The van der Waals surface area contributed by atoms with Crippen LogP contribution >= 0.6 is 0 Å². The largest absolute Gasteiger partial charge is 0.309 e. The van der Waals surface area contributed by atoms with Gasteiger partial charge in [-0.1, -0.05) is 121 Å². The molecule has 44 heavy (non-hydrogen) atoms. The number of benzene rings is 7. The van der Waals surface area contributed by atoms with Crippen molar-refractivity contribution in [3.63, 3.8) is 0 Å². The monoisotopic (exact) mass is 560 g/mol. The van der Waals surface area contributed by atoms with Crippen LogP contribution in [-0.2, 0) is 0 Å². The van der Waals surface area contributed by atoms with Crippen molar-refractivity contribution >= 4 is 43.6 Å². The summed E-state index contributed by atoms with van der Waals surface area (Å²) in [6.45, 7) is 0. The molecule has 0 radical (unpaired) electrons. The predicted octanol–water partition coefficient (Wildman–Crippen LogP) is 11.2. The third-order valence-electron chi connectivity index (χ3n) is 8.92. The van der Waals surface area contributed by atoms with Crippen molar-refractivity contribution in [2.75, 3.05) is 0 Å². The van der Waals surface area contributed by atoms with Crippen molar-refractivity contribution in [1.82, 2.24) is 9.13 Å². The normalized spacial score (nSPS) is 11.6. The summed E-state index contributed by atoms with van der Waals surface area (Å²) in [5.41, 5.74) is 12.1. The zero-order chi connectivity index (χ0) is 29.0. The molecule has 0 amide bonds. The van der Waals surface area contributed by atoms with Crippen LogP contribution in [-0.4, -0.2) is 9.13 Å². The van der Waals surface area contributed by atoms with E-state index in [-0.39, 0.29) is 0 Å². The van der Waals surface area contributed by atoms with Gasteiger partial charge in [0.05, 0.1) is 22.1 Å². The van der Waals surface area contributed by atoms with Crippen molar-refractivity contribution in [2.24, 2.45) is 0 Å². The van der Waals surface area contributed by atoms with Crippen molar-refractivity contribution < 1.29 is 0 Å². The average Bonchev–Trinajstić information content (AvgIpc) is 3.61. The number of hydrogen-bond acceptors (Lipinski definition) is 0. The molecule has 0 aliphatic rings. The average molecular weight is 561 g/mol. The lowest BCUT2D eigenvalue weighted by Gasteiger charge is -2.14. The summed E-state index contributed by atoms with van der Waals surface area (Å²) in [5, 5.41) is 5.05. The van der Waals surface area contributed by atoms with E-state index in [0.29, 0.717) is 0 Å². The van der Waals surface area contributed by atoms with Gasteiger partial charge in [-0.2, -0.15) is 0 Å². The van der Waals surface area contributed by atoms with E-state index >= 15 is 0 Å². The second-order valence-electron chi connectivity index (χ2n) is 11.4. The maximum atomic E-state index is 2.41. The minimum Gasteiger partial charge on any atom is -0.309 e. The molecule has 9 rings (SSSR count). The molecule has 9 aromatic rings.